The van der Waals surface area contributed by atoms with Crippen molar-refractivity contribution in [3.63, 3.8) is 0 Å². The van der Waals surface area contributed by atoms with Crippen molar-refractivity contribution in [3.8, 4) is 0 Å². The monoisotopic (exact) mass is 426 g/mol. The topological polar surface area (TPSA) is 18.5 Å². The molecule has 0 bridgehead atoms. The highest BCUT2D eigenvalue weighted by molar-refractivity contribution is 4.61. The zero-order valence-corrected chi connectivity index (χ0v) is 22.1. The highest BCUT2D eigenvalue weighted by atomic mass is 16.7. The van der Waals surface area contributed by atoms with Crippen molar-refractivity contribution in [2.75, 3.05) is 13.2 Å². The van der Waals surface area contributed by atoms with Gasteiger partial charge in [-0.25, -0.2) is 0 Å². The van der Waals surface area contributed by atoms with Gasteiger partial charge in [-0.15, -0.1) is 0 Å². The SMILES string of the molecule is CC(OCCCCCCCCCC(C)(C)C)OCCCCCCCCCC(C)(C)C. The van der Waals surface area contributed by atoms with E-state index in [-0.39, 0.29) is 6.29 Å². The fourth-order valence-corrected chi connectivity index (χ4v) is 3.83. The third-order valence-electron chi connectivity index (χ3n) is 5.85. The first-order chi connectivity index (χ1) is 14.1. The Hall–Kier alpha value is -0.0800. The maximum Gasteiger partial charge on any atom is 0.154 e. The quantitative estimate of drug-likeness (QED) is 0.142. The summed E-state index contributed by atoms with van der Waals surface area (Å²) in [6.07, 6.45) is 21.4. The lowest BCUT2D eigenvalue weighted by Gasteiger charge is -2.17. The third-order valence-corrected chi connectivity index (χ3v) is 5.85. The molecule has 0 aliphatic carbocycles. The molecule has 0 saturated heterocycles. The Bertz CT molecular complexity index is 317. The Morgan fingerprint density at radius 3 is 1.00 bits per heavy atom. The van der Waals surface area contributed by atoms with Crippen LogP contribution >= 0.6 is 0 Å². The molecule has 0 aromatic rings. The molecular weight excluding hydrogens is 368 g/mol. The van der Waals surface area contributed by atoms with E-state index in [2.05, 4.69) is 41.5 Å². The van der Waals surface area contributed by atoms with Gasteiger partial charge in [-0.05, 0) is 43.4 Å². The highest BCUT2D eigenvalue weighted by Gasteiger charge is 2.09. The van der Waals surface area contributed by atoms with Crippen molar-refractivity contribution in [3.05, 3.63) is 0 Å². The van der Waals surface area contributed by atoms with E-state index < -0.39 is 0 Å². The van der Waals surface area contributed by atoms with E-state index in [1.807, 2.05) is 6.92 Å². The van der Waals surface area contributed by atoms with Gasteiger partial charge in [0.05, 0.1) is 0 Å². The van der Waals surface area contributed by atoms with Crippen LogP contribution in [-0.2, 0) is 9.47 Å². The summed E-state index contributed by atoms with van der Waals surface area (Å²) in [6, 6.07) is 0. The molecule has 0 aliphatic heterocycles. The minimum Gasteiger partial charge on any atom is -0.353 e. The van der Waals surface area contributed by atoms with Gasteiger partial charge >= 0.3 is 0 Å². The van der Waals surface area contributed by atoms with Gasteiger partial charge in [0.25, 0.3) is 0 Å². The third kappa shape index (κ3) is 26.0. The standard InChI is InChI=1S/C28H58O2/c1-26(29-24-20-16-12-8-10-14-18-22-27(2,3)4)30-25-21-17-13-9-11-15-19-23-28(5,6)7/h26H,8-25H2,1-7H3. The minimum absolute atomic E-state index is 0.0419. The Kier molecular flexibility index (Phi) is 18.4. The van der Waals surface area contributed by atoms with Crippen LogP contribution in [0.2, 0.25) is 0 Å². The Morgan fingerprint density at radius 1 is 0.433 bits per heavy atom. The van der Waals surface area contributed by atoms with E-state index in [1.54, 1.807) is 0 Å². The zero-order valence-electron chi connectivity index (χ0n) is 22.1. The fraction of sp³-hybridized carbons (Fsp3) is 1.00. The normalized spacial score (nSPS) is 12.8. The molecule has 0 amide bonds. The van der Waals surface area contributed by atoms with Gasteiger partial charge in [-0.3, -0.25) is 0 Å². The molecule has 2 nitrogen and oxygen atoms in total. The Morgan fingerprint density at radius 2 is 0.700 bits per heavy atom. The van der Waals surface area contributed by atoms with Crippen molar-refractivity contribution in [2.45, 2.75) is 157 Å². The largest absolute Gasteiger partial charge is 0.353 e. The van der Waals surface area contributed by atoms with Gasteiger partial charge in [-0.2, -0.15) is 0 Å². The van der Waals surface area contributed by atoms with Gasteiger partial charge in [0.1, 0.15) is 0 Å². The van der Waals surface area contributed by atoms with Gasteiger partial charge in [0.15, 0.2) is 6.29 Å². The van der Waals surface area contributed by atoms with Gasteiger partial charge in [0, 0.05) is 13.2 Å². The van der Waals surface area contributed by atoms with Crippen molar-refractivity contribution in [1.29, 1.82) is 0 Å². The number of rotatable bonds is 20. The smallest absolute Gasteiger partial charge is 0.154 e. The second-order valence-electron chi connectivity index (χ2n) is 11.9. The van der Waals surface area contributed by atoms with Crippen molar-refractivity contribution in [2.24, 2.45) is 10.8 Å². The van der Waals surface area contributed by atoms with E-state index >= 15 is 0 Å². The van der Waals surface area contributed by atoms with Gasteiger partial charge < -0.3 is 9.47 Å². The molecular formula is C28H58O2. The predicted octanol–water partition coefficient (Wildman–Crippen LogP) is 9.70. The molecule has 0 aliphatic rings. The van der Waals surface area contributed by atoms with Gasteiger partial charge in [0.2, 0.25) is 0 Å². The molecule has 0 atom stereocenters. The van der Waals surface area contributed by atoms with Crippen molar-refractivity contribution >= 4 is 0 Å². The summed E-state index contributed by atoms with van der Waals surface area (Å²) in [5, 5.41) is 0. The zero-order chi connectivity index (χ0) is 22.7. The summed E-state index contributed by atoms with van der Waals surface area (Å²) in [6.45, 7) is 17.8. The van der Waals surface area contributed by atoms with Crippen LogP contribution in [0.15, 0.2) is 0 Å². The molecule has 30 heavy (non-hydrogen) atoms. The van der Waals surface area contributed by atoms with Crippen LogP contribution in [-0.4, -0.2) is 19.5 Å². The maximum atomic E-state index is 5.80. The highest BCUT2D eigenvalue weighted by Crippen LogP contribution is 2.23. The summed E-state index contributed by atoms with van der Waals surface area (Å²) in [5.74, 6) is 0. The van der Waals surface area contributed by atoms with Crippen LogP contribution in [0.25, 0.3) is 0 Å². The molecule has 0 spiro atoms. The first-order valence-electron chi connectivity index (χ1n) is 13.3. The van der Waals surface area contributed by atoms with E-state index in [4.69, 9.17) is 9.47 Å². The van der Waals surface area contributed by atoms with Crippen LogP contribution in [0.5, 0.6) is 0 Å². The van der Waals surface area contributed by atoms with Crippen molar-refractivity contribution in [1.82, 2.24) is 0 Å². The molecule has 0 heterocycles. The van der Waals surface area contributed by atoms with Crippen LogP contribution in [0.1, 0.15) is 151 Å². The molecule has 2 heteroatoms. The lowest BCUT2D eigenvalue weighted by atomic mass is 9.89. The molecule has 0 rings (SSSR count). The van der Waals surface area contributed by atoms with E-state index in [1.165, 1.54) is 103 Å². The minimum atomic E-state index is -0.0419. The second kappa shape index (κ2) is 18.5. The summed E-state index contributed by atoms with van der Waals surface area (Å²) in [5.41, 5.74) is 1.00. The molecule has 0 radical (unpaired) electrons. The summed E-state index contributed by atoms with van der Waals surface area (Å²) >= 11 is 0. The number of unbranched alkanes of at least 4 members (excludes halogenated alkanes) is 12. The molecule has 182 valence electrons. The van der Waals surface area contributed by atoms with Crippen LogP contribution < -0.4 is 0 Å². The molecule has 0 fully saturated rings. The Balaban J connectivity index is 3.23. The maximum absolute atomic E-state index is 5.80. The lowest BCUT2D eigenvalue weighted by Crippen LogP contribution is -2.14. The summed E-state index contributed by atoms with van der Waals surface area (Å²) in [7, 11) is 0. The van der Waals surface area contributed by atoms with Crippen LogP contribution in [0.3, 0.4) is 0 Å². The molecule has 0 N–H and O–H groups in total. The first-order valence-corrected chi connectivity index (χ1v) is 13.3. The number of hydrogen-bond acceptors (Lipinski definition) is 2. The first kappa shape index (κ1) is 29.9. The molecule has 0 aromatic carbocycles. The van der Waals surface area contributed by atoms with E-state index in [0.717, 1.165) is 13.2 Å². The average Bonchev–Trinajstić information content (AvgIpc) is 2.63. The number of ether oxygens (including phenoxy) is 2. The molecule has 0 aromatic heterocycles. The fourth-order valence-electron chi connectivity index (χ4n) is 3.83. The second-order valence-corrected chi connectivity index (χ2v) is 11.9. The summed E-state index contributed by atoms with van der Waals surface area (Å²) in [4.78, 5) is 0. The van der Waals surface area contributed by atoms with Crippen LogP contribution in [0, 0.1) is 10.8 Å². The number of hydrogen-bond donors (Lipinski definition) is 0. The molecule has 0 unspecified atom stereocenters. The Labute approximate surface area is 191 Å². The molecule has 0 saturated carbocycles. The van der Waals surface area contributed by atoms with E-state index in [9.17, 15) is 0 Å². The van der Waals surface area contributed by atoms with Crippen LogP contribution in [0.4, 0.5) is 0 Å². The van der Waals surface area contributed by atoms with Crippen molar-refractivity contribution < 1.29 is 9.47 Å². The average molecular weight is 427 g/mol. The predicted molar refractivity (Wildman–Crippen MR) is 134 cm³/mol. The summed E-state index contributed by atoms with van der Waals surface area (Å²) < 4.78 is 11.6. The lowest BCUT2D eigenvalue weighted by molar-refractivity contribution is -0.131. The van der Waals surface area contributed by atoms with Gasteiger partial charge in [-0.1, -0.05) is 119 Å². The van der Waals surface area contributed by atoms with E-state index in [0.29, 0.717) is 10.8 Å².